The molecular weight excluding hydrogens is 547 g/mol. The average Bonchev–Trinajstić information content (AvgIpc) is 2.82. The Labute approximate surface area is 225 Å². The first-order valence-corrected chi connectivity index (χ1v) is 12.7. The Morgan fingerprint density at radius 3 is 2.81 bits per heavy atom. The number of likely N-dealkylation sites (tertiary alicyclic amines) is 1. The third-order valence-corrected chi connectivity index (χ3v) is 6.64. The monoisotopic (exact) mass is 574 g/mol. The molecule has 5 nitrogen and oxygen atoms in total. The van der Waals surface area contributed by atoms with E-state index in [-0.39, 0.29) is 5.69 Å². The van der Waals surface area contributed by atoms with Crippen molar-refractivity contribution >= 4 is 33.1 Å². The summed E-state index contributed by atoms with van der Waals surface area (Å²) in [6, 6.07) is 6.76. The molecule has 3 rings (SSSR count). The number of nitrogens with zero attached hydrogens (tertiary/aromatic N) is 2. The van der Waals surface area contributed by atoms with E-state index in [2.05, 4.69) is 44.2 Å². The zero-order valence-corrected chi connectivity index (χ0v) is 22.6. The number of benzene rings is 1. The first kappa shape index (κ1) is 28.1. The molecule has 8 heteroatoms. The summed E-state index contributed by atoms with van der Waals surface area (Å²) in [6.45, 7) is 9.34. The number of aliphatic hydroxyl groups excluding tert-OH is 1. The molecule has 0 spiro atoms. The van der Waals surface area contributed by atoms with Crippen LogP contribution in [0.3, 0.4) is 0 Å². The molecular formula is C28H29BrClFN2O3. The molecule has 2 atom stereocenters. The van der Waals surface area contributed by atoms with Crippen molar-refractivity contribution < 1.29 is 19.3 Å². The number of ether oxygens (including phenoxy) is 1. The number of rotatable bonds is 7. The maximum Gasteiger partial charge on any atom is 0.158 e. The number of allylic oxidation sites excluding steroid dienone is 5. The van der Waals surface area contributed by atoms with E-state index in [0.717, 1.165) is 4.47 Å². The number of hydrogen-bond acceptors (Lipinski definition) is 5. The molecule has 0 aliphatic carbocycles. The topological polar surface area (TPSA) is 65.8 Å². The Morgan fingerprint density at radius 1 is 1.39 bits per heavy atom. The van der Waals surface area contributed by atoms with Crippen LogP contribution in [0.2, 0.25) is 0 Å². The summed E-state index contributed by atoms with van der Waals surface area (Å²) in [5.41, 5.74) is 0.963. The predicted octanol–water partition coefficient (Wildman–Crippen LogP) is 5.29. The van der Waals surface area contributed by atoms with Crippen molar-refractivity contribution in [2.45, 2.75) is 32.0 Å². The summed E-state index contributed by atoms with van der Waals surface area (Å²) in [5.74, 6) is 5.84. The van der Waals surface area contributed by atoms with Crippen molar-refractivity contribution in [3.63, 3.8) is 0 Å². The number of aliphatic hydroxyl groups is 2. The molecule has 1 unspecified atom stereocenters. The fourth-order valence-electron chi connectivity index (χ4n) is 3.57. The maximum absolute atomic E-state index is 14.6. The Bertz CT molecular complexity index is 1230. The minimum Gasteiger partial charge on any atom is -0.491 e. The predicted molar refractivity (Wildman–Crippen MR) is 145 cm³/mol. The summed E-state index contributed by atoms with van der Waals surface area (Å²) < 4.78 is 21.2. The fourth-order valence-corrected chi connectivity index (χ4v) is 4.13. The lowest BCUT2D eigenvalue weighted by Crippen LogP contribution is -2.54. The lowest BCUT2D eigenvalue weighted by atomic mass is 9.91. The van der Waals surface area contributed by atoms with Crippen molar-refractivity contribution in [3.05, 3.63) is 87.4 Å². The molecule has 1 aliphatic heterocycles. The van der Waals surface area contributed by atoms with Crippen molar-refractivity contribution in [2.75, 3.05) is 26.2 Å². The van der Waals surface area contributed by atoms with Gasteiger partial charge in [-0.3, -0.25) is 4.90 Å². The van der Waals surface area contributed by atoms with Gasteiger partial charge in [-0.05, 0) is 78.0 Å². The highest BCUT2D eigenvalue weighted by Gasteiger charge is 2.36. The zero-order chi connectivity index (χ0) is 26.3. The standard InChI is InChI=1S/C28H29BrClFN2O3/c1-4-21(8-5-19(2)30)22-16-24(31)25(32-17-22)9-6-20-7-10-26(23(29)15-20)36-14-13-33-12-11-28(3,35)27(34)18-33/h4-5,7-8,10,15-17,27,34-35H,1,11-14,18H2,2-3H3/b19-5+,21-8+/t27?,28-/m1/s1. The Balaban J connectivity index is 1.62. The minimum absolute atomic E-state index is 0.0466. The van der Waals surface area contributed by atoms with E-state index in [1.165, 1.54) is 6.07 Å². The molecule has 1 saturated heterocycles. The van der Waals surface area contributed by atoms with Crippen molar-refractivity contribution in [1.29, 1.82) is 0 Å². The quantitative estimate of drug-likeness (QED) is 0.347. The molecule has 36 heavy (non-hydrogen) atoms. The highest BCUT2D eigenvalue weighted by atomic mass is 79.9. The SMILES string of the molecule is C=C/C(=C\C=C(/C)Cl)c1cnc(C#Cc2ccc(OCCN3CC[C@@](C)(O)C(O)C3)c(Br)c2)c(F)c1. The average molecular weight is 576 g/mol. The highest BCUT2D eigenvalue weighted by molar-refractivity contribution is 9.10. The van der Waals surface area contributed by atoms with E-state index >= 15 is 0 Å². The molecule has 0 amide bonds. The van der Waals surface area contributed by atoms with E-state index in [4.69, 9.17) is 16.3 Å². The summed E-state index contributed by atoms with van der Waals surface area (Å²) in [5, 5.41) is 20.7. The summed E-state index contributed by atoms with van der Waals surface area (Å²) in [7, 11) is 0. The Hall–Kier alpha value is -2.47. The van der Waals surface area contributed by atoms with Crippen LogP contribution >= 0.6 is 27.5 Å². The number of β-amino-alcohol motifs (C(OH)–C–C–N with tert-alkyl or cyclic N) is 1. The first-order chi connectivity index (χ1) is 17.1. The summed E-state index contributed by atoms with van der Waals surface area (Å²) in [6.07, 6.45) is 6.36. The van der Waals surface area contributed by atoms with Crippen LogP contribution in [0.15, 0.2) is 64.8 Å². The third-order valence-electron chi connectivity index (χ3n) is 5.89. The van der Waals surface area contributed by atoms with Gasteiger partial charge in [0.1, 0.15) is 18.1 Å². The van der Waals surface area contributed by atoms with E-state index in [1.54, 1.807) is 56.5 Å². The van der Waals surface area contributed by atoms with Gasteiger partial charge < -0.3 is 14.9 Å². The van der Waals surface area contributed by atoms with E-state index < -0.39 is 17.5 Å². The molecule has 1 aromatic carbocycles. The molecule has 1 aliphatic rings. The number of aromatic nitrogens is 1. The zero-order valence-electron chi connectivity index (χ0n) is 20.3. The van der Waals surface area contributed by atoms with Crippen molar-refractivity contribution in [2.24, 2.45) is 0 Å². The van der Waals surface area contributed by atoms with Gasteiger partial charge in [0.05, 0.1) is 16.2 Å². The van der Waals surface area contributed by atoms with Gasteiger partial charge in [0.15, 0.2) is 5.82 Å². The molecule has 2 heterocycles. The van der Waals surface area contributed by atoms with Gasteiger partial charge in [-0.15, -0.1) is 0 Å². The minimum atomic E-state index is -1.04. The number of hydrogen-bond donors (Lipinski definition) is 2. The van der Waals surface area contributed by atoms with Crippen LogP contribution in [-0.2, 0) is 0 Å². The smallest absolute Gasteiger partial charge is 0.158 e. The van der Waals surface area contributed by atoms with Gasteiger partial charge in [0, 0.05) is 42.0 Å². The van der Waals surface area contributed by atoms with E-state index in [9.17, 15) is 14.6 Å². The number of halogens is 3. The maximum atomic E-state index is 14.6. The van der Waals surface area contributed by atoms with Crippen molar-refractivity contribution in [3.8, 4) is 17.6 Å². The summed E-state index contributed by atoms with van der Waals surface area (Å²) >= 11 is 9.36. The number of piperidine rings is 1. The van der Waals surface area contributed by atoms with Gasteiger partial charge in [-0.25, -0.2) is 9.37 Å². The third kappa shape index (κ3) is 7.76. The second-order valence-electron chi connectivity index (χ2n) is 8.80. The van der Waals surface area contributed by atoms with Gasteiger partial charge >= 0.3 is 0 Å². The number of pyridine rings is 1. The van der Waals surface area contributed by atoms with Gasteiger partial charge in [-0.2, -0.15) is 0 Å². The molecule has 0 bridgehead atoms. The van der Waals surface area contributed by atoms with Gasteiger partial charge in [0.25, 0.3) is 0 Å². The van der Waals surface area contributed by atoms with Gasteiger partial charge in [0.2, 0.25) is 0 Å². The fraction of sp³-hybridized carbons (Fsp3) is 0.321. The van der Waals surface area contributed by atoms with Crippen LogP contribution in [0.25, 0.3) is 5.57 Å². The first-order valence-electron chi connectivity index (χ1n) is 11.5. The summed E-state index contributed by atoms with van der Waals surface area (Å²) in [4.78, 5) is 6.23. The molecule has 2 aromatic rings. The Kier molecular flexibility index (Phi) is 9.89. The molecule has 0 saturated carbocycles. The largest absolute Gasteiger partial charge is 0.491 e. The lowest BCUT2D eigenvalue weighted by Gasteiger charge is -2.39. The molecule has 2 N–H and O–H groups in total. The van der Waals surface area contributed by atoms with Crippen LogP contribution in [0.5, 0.6) is 5.75 Å². The second kappa shape index (κ2) is 12.7. The van der Waals surface area contributed by atoms with Crippen molar-refractivity contribution in [1.82, 2.24) is 9.88 Å². The van der Waals surface area contributed by atoms with E-state index in [1.807, 2.05) is 0 Å². The molecule has 1 aromatic heterocycles. The van der Waals surface area contributed by atoms with E-state index in [0.29, 0.717) is 60.1 Å². The molecule has 190 valence electrons. The van der Waals surface area contributed by atoms with Crippen LogP contribution in [0.4, 0.5) is 4.39 Å². The van der Waals surface area contributed by atoms with Gasteiger partial charge in [-0.1, -0.05) is 36.3 Å². The Morgan fingerprint density at radius 2 is 2.17 bits per heavy atom. The molecule has 0 radical (unpaired) electrons. The molecule has 1 fully saturated rings. The normalized spacial score (nSPS) is 21.0. The second-order valence-corrected chi connectivity index (χ2v) is 10.3. The van der Waals surface area contributed by atoms with Crippen LogP contribution in [0, 0.1) is 17.7 Å². The highest BCUT2D eigenvalue weighted by Crippen LogP contribution is 2.26. The van der Waals surface area contributed by atoms with Crippen LogP contribution in [-0.4, -0.2) is 58.0 Å². The van der Waals surface area contributed by atoms with Crippen LogP contribution < -0.4 is 4.74 Å². The lowest BCUT2D eigenvalue weighted by molar-refractivity contribution is -0.108. The van der Waals surface area contributed by atoms with Crippen LogP contribution in [0.1, 0.15) is 37.1 Å².